The zero-order chi connectivity index (χ0) is 19.4. The standard InChI is InChI=1S/C21H20N2O3S/c1-13-9-10-17(14(2)11-13)22-19(24)15(3)26-21(25)18-12-27-20(23-18)16-7-5-4-6-8-16/h4-12,15H,1-3H3,(H,22,24)/t15-/m1/s1. The number of nitrogens with zero attached hydrogens (tertiary/aromatic N) is 1. The molecule has 3 rings (SSSR count). The van der Waals surface area contributed by atoms with Crippen LogP contribution in [0.1, 0.15) is 28.5 Å². The van der Waals surface area contributed by atoms with E-state index in [1.807, 2.05) is 62.4 Å². The first-order valence-electron chi connectivity index (χ1n) is 8.54. The van der Waals surface area contributed by atoms with Gasteiger partial charge in [-0.05, 0) is 32.4 Å². The van der Waals surface area contributed by atoms with Crippen molar-refractivity contribution >= 4 is 28.9 Å². The van der Waals surface area contributed by atoms with Crippen LogP contribution in [0.15, 0.2) is 53.9 Å². The minimum atomic E-state index is -0.930. The topological polar surface area (TPSA) is 68.3 Å². The minimum absolute atomic E-state index is 0.199. The van der Waals surface area contributed by atoms with Crippen LogP contribution in [-0.4, -0.2) is 23.0 Å². The Bertz CT molecular complexity index is 967. The molecule has 0 saturated carbocycles. The van der Waals surface area contributed by atoms with E-state index < -0.39 is 12.1 Å². The number of esters is 1. The molecule has 0 spiro atoms. The molecular weight excluding hydrogens is 360 g/mol. The highest BCUT2D eigenvalue weighted by molar-refractivity contribution is 7.13. The number of benzene rings is 2. The lowest BCUT2D eigenvalue weighted by molar-refractivity contribution is -0.123. The Balaban J connectivity index is 1.63. The van der Waals surface area contributed by atoms with Crippen LogP contribution in [0.25, 0.3) is 10.6 Å². The summed E-state index contributed by atoms with van der Waals surface area (Å²) in [5, 5.41) is 5.16. The molecule has 27 heavy (non-hydrogen) atoms. The Morgan fingerprint density at radius 1 is 1.11 bits per heavy atom. The van der Waals surface area contributed by atoms with Gasteiger partial charge in [-0.15, -0.1) is 11.3 Å². The molecule has 2 aromatic carbocycles. The number of carbonyl (C=O) groups excluding carboxylic acids is 2. The molecule has 0 bridgehead atoms. The number of aromatic nitrogens is 1. The molecular formula is C21H20N2O3S. The summed E-state index contributed by atoms with van der Waals surface area (Å²) in [5.41, 5.74) is 3.90. The van der Waals surface area contributed by atoms with Crippen LogP contribution >= 0.6 is 11.3 Å². The number of hydrogen-bond donors (Lipinski definition) is 1. The Kier molecular flexibility index (Phi) is 5.66. The predicted molar refractivity (Wildman–Crippen MR) is 107 cm³/mol. The average Bonchev–Trinajstić information content (AvgIpc) is 3.15. The van der Waals surface area contributed by atoms with Crippen molar-refractivity contribution < 1.29 is 14.3 Å². The maximum Gasteiger partial charge on any atom is 0.358 e. The van der Waals surface area contributed by atoms with E-state index in [0.29, 0.717) is 5.69 Å². The molecule has 138 valence electrons. The number of thiazole rings is 1. The number of amides is 1. The summed E-state index contributed by atoms with van der Waals surface area (Å²) < 4.78 is 5.28. The number of anilines is 1. The average molecular weight is 380 g/mol. The van der Waals surface area contributed by atoms with Gasteiger partial charge in [-0.2, -0.15) is 0 Å². The van der Waals surface area contributed by atoms with Gasteiger partial charge in [-0.25, -0.2) is 9.78 Å². The van der Waals surface area contributed by atoms with Crippen LogP contribution in [0, 0.1) is 13.8 Å². The Morgan fingerprint density at radius 2 is 1.85 bits per heavy atom. The molecule has 0 aliphatic heterocycles. The maximum atomic E-state index is 12.3. The molecule has 1 aromatic heterocycles. The van der Waals surface area contributed by atoms with Gasteiger partial charge in [0.15, 0.2) is 11.8 Å². The van der Waals surface area contributed by atoms with Gasteiger partial charge >= 0.3 is 5.97 Å². The fourth-order valence-corrected chi connectivity index (χ4v) is 3.34. The van der Waals surface area contributed by atoms with Crippen molar-refractivity contribution in [2.45, 2.75) is 26.9 Å². The predicted octanol–water partition coefficient (Wildman–Crippen LogP) is 4.61. The highest BCUT2D eigenvalue weighted by Gasteiger charge is 2.21. The van der Waals surface area contributed by atoms with Gasteiger partial charge < -0.3 is 10.1 Å². The minimum Gasteiger partial charge on any atom is -0.448 e. The highest BCUT2D eigenvalue weighted by Crippen LogP contribution is 2.24. The molecule has 1 N–H and O–H groups in total. The molecule has 6 heteroatoms. The Morgan fingerprint density at radius 3 is 2.56 bits per heavy atom. The second kappa shape index (κ2) is 8.14. The third-order valence-electron chi connectivity index (χ3n) is 4.03. The van der Waals surface area contributed by atoms with Gasteiger partial charge in [0.25, 0.3) is 5.91 Å². The first-order valence-corrected chi connectivity index (χ1v) is 9.42. The van der Waals surface area contributed by atoms with Crippen molar-refractivity contribution in [3.63, 3.8) is 0 Å². The van der Waals surface area contributed by atoms with Crippen LogP contribution in [-0.2, 0) is 9.53 Å². The van der Waals surface area contributed by atoms with Crippen LogP contribution in [0.2, 0.25) is 0 Å². The largest absolute Gasteiger partial charge is 0.448 e. The summed E-state index contributed by atoms with van der Waals surface area (Å²) >= 11 is 1.36. The second-order valence-corrected chi connectivity index (χ2v) is 7.12. The summed E-state index contributed by atoms with van der Waals surface area (Å²) in [4.78, 5) is 29.0. The molecule has 0 aliphatic rings. The lowest BCUT2D eigenvalue weighted by Gasteiger charge is -2.14. The molecule has 0 fully saturated rings. The van der Waals surface area contributed by atoms with E-state index >= 15 is 0 Å². The molecule has 1 heterocycles. The van der Waals surface area contributed by atoms with Gasteiger partial charge in [0.2, 0.25) is 0 Å². The zero-order valence-corrected chi connectivity index (χ0v) is 16.2. The lowest BCUT2D eigenvalue weighted by Crippen LogP contribution is -2.30. The molecule has 0 radical (unpaired) electrons. The van der Waals surface area contributed by atoms with Crippen molar-refractivity contribution in [2.75, 3.05) is 5.32 Å². The summed E-state index contributed by atoms with van der Waals surface area (Å²) in [6.45, 7) is 5.45. The maximum absolute atomic E-state index is 12.3. The van der Waals surface area contributed by atoms with Gasteiger partial charge in [-0.1, -0.05) is 48.0 Å². The quantitative estimate of drug-likeness (QED) is 0.656. The van der Waals surface area contributed by atoms with Crippen molar-refractivity contribution in [2.24, 2.45) is 0 Å². The molecule has 0 aliphatic carbocycles. The van der Waals surface area contributed by atoms with Crippen LogP contribution in [0.4, 0.5) is 5.69 Å². The lowest BCUT2D eigenvalue weighted by atomic mass is 10.1. The normalized spacial score (nSPS) is 11.7. The SMILES string of the molecule is Cc1ccc(NC(=O)[C@@H](C)OC(=O)c2csc(-c3ccccc3)n2)c(C)c1. The van der Waals surface area contributed by atoms with Gasteiger partial charge in [0, 0.05) is 16.6 Å². The zero-order valence-electron chi connectivity index (χ0n) is 15.4. The van der Waals surface area contributed by atoms with Gasteiger partial charge in [0.1, 0.15) is 5.01 Å². The third-order valence-corrected chi connectivity index (χ3v) is 4.92. The van der Waals surface area contributed by atoms with Crippen LogP contribution in [0.3, 0.4) is 0 Å². The molecule has 5 nitrogen and oxygen atoms in total. The van der Waals surface area contributed by atoms with Crippen LogP contribution in [0.5, 0.6) is 0 Å². The van der Waals surface area contributed by atoms with Gasteiger partial charge in [-0.3, -0.25) is 4.79 Å². The van der Waals surface area contributed by atoms with Crippen molar-refractivity contribution in [1.82, 2.24) is 4.98 Å². The summed E-state index contributed by atoms with van der Waals surface area (Å²) in [7, 11) is 0. The van der Waals surface area contributed by atoms with Crippen LogP contribution < -0.4 is 5.32 Å². The summed E-state index contributed by atoms with van der Waals surface area (Å²) in [6, 6.07) is 15.3. The number of ether oxygens (including phenoxy) is 1. The summed E-state index contributed by atoms with van der Waals surface area (Å²) in [5.74, 6) is -0.995. The van der Waals surface area contributed by atoms with Gasteiger partial charge in [0.05, 0.1) is 0 Å². The highest BCUT2D eigenvalue weighted by atomic mass is 32.1. The van der Waals surface area contributed by atoms with E-state index in [4.69, 9.17) is 4.74 Å². The summed E-state index contributed by atoms with van der Waals surface area (Å²) in [6.07, 6.45) is -0.930. The Labute approximate surface area is 162 Å². The molecule has 1 atom stereocenters. The molecule has 0 saturated heterocycles. The van der Waals surface area contributed by atoms with Crippen molar-refractivity contribution in [1.29, 1.82) is 0 Å². The number of hydrogen-bond acceptors (Lipinski definition) is 5. The van der Waals surface area contributed by atoms with Crippen molar-refractivity contribution in [3.05, 3.63) is 70.7 Å². The van der Waals surface area contributed by atoms with E-state index in [0.717, 1.165) is 21.7 Å². The second-order valence-electron chi connectivity index (χ2n) is 6.26. The fourth-order valence-electron chi connectivity index (χ4n) is 2.54. The van der Waals surface area contributed by atoms with Crippen molar-refractivity contribution in [3.8, 4) is 10.6 Å². The number of carbonyl (C=O) groups is 2. The number of rotatable bonds is 5. The monoisotopic (exact) mass is 380 g/mol. The molecule has 0 unspecified atom stereocenters. The van der Waals surface area contributed by atoms with E-state index in [9.17, 15) is 9.59 Å². The smallest absolute Gasteiger partial charge is 0.358 e. The van der Waals surface area contributed by atoms with E-state index in [-0.39, 0.29) is 11.6 Å². The number of nitrogens with one attached hydrogen (secondary N) is 1. The third kappa shape index (κ3) is 4.60. The fraction of sp³-hybridized carbons (Fsp3) is 0.190. The molecule has 1 amide bonds. The van der Waals surface area contributed by atoms with E-state index in [1.165, 1.54) is 11.3 Å². The van der Waals surface area contributed by atoms with E-state index in [1.54, 1.807) is 12.3 Å². The first-order chi connectivity index (χ1) is 12.9. The molecule has 3 aromatic rings. The van der Waals surface area contributed by atoms with E-state index in [2.05, 4.69) is 10.3 Å². The Hall–Kier alpha value is -2.99. The first kappa shape index (κ1) is 18.8. The number of aryl methyl sites for hydroxylation is 2.